The molecular weight excluding hydrogens is 440 g/mol. The molecule has 0 spiro atoms. The first-order valence-electron chi connectivity index (χ1n) is 9.28. The molecule has 1 amide bonds. The second-order valence-corrected chi connectivity index (χ2v) is 8.78. The smallest absolute Gasteiger partial charge is 0.239 e. The van der Waals surface area contributed by atoms with E-state index in [1.54, 1.807) is 12.3 Å². The Kier molecular flexibility index (Phi) is 6.10. The number of carbonyl (C=O) groups excluding carboxylic acids is 1. The lowest BCUT2D eigenvalue weighted by Gasteiger charge is -2.12. The molecule has 1 atom stereocenters. The minimum absolute atomic E-state index is 0.253. The van der Waals surface area contributed by atoms with E-state index in [4.69, 9.17) is 0 Å². The molecule has 10 heteroatoms. The molecule has 0 fully saturated rings. The quantitative estimate of drug-likeness (QED) is 0.408. The zero-order chi connectivity index (χ0) is 22.0. The number of para-hydroxylation sites is 1. The maximum atomic E-state index is 13.5. The number of nitrogens with zero attached hydrogens (tertiary/aromatic N) is 4. The van der Waals surface area contributed by atoms with Gasteiger partial charge < -0.3 is 5.32 Å². The topological polar surface area (TPSA) is 72.7 Å². The fourth-order valence-corrected chi connectivity index (χ4v) is 4.47. The number of aromatic nitrogens is 4. The van der Waals surface area contributed by atoms with Crippen molar-refractivity contribution in [1.82, 2.24) is 19.7 Å². The van der Waals surface area contributed by atoms with Crippen LogP contribution in [0.3, 0.4) is 0 Å². The van der Waals surface area contributed by atoms with Gasteiger partial charge in [0.15, 0.2) is 21.9 Å². The summed E-state index contributed by atoms with van der Waals surface area (Å²) in [6, 6.07) is 13.2. The molecule has 2 aromatic carbocycles. The Labute approximate surface area is 185 Å². The Hall–Kier alpha value is -3.11. The number of halogens is 2. The van der Waals surface area contributed by atoms with Crippen molar-refractivity contribution in [2.24, 2.45) is 0 Å². The van der Waals surface area contributed by atoms with Crippen LogP contribution in [0.25, 0.3) is 16.9 Å². The van der Waals surface area contributed by atoms with Crippen molar-refractivity contribution in [1.29, 1.82) is 0 Å². The van der Waals surface area contributed by atoms with Crippen LogP contribution in [0.2, 0.25) is 0 Å². The number of hydrogen-bond acceptors (Lipinski definition) is 6. The first kappa shape index (κ1) is 21.1. The Morgan fingerprint density at radius 3 is 2.65 bits per heavy atom. The van der Waals surface area contributed by atoms with Gasteiger partial charge in [0.1, 0.15) is 5.82 Å². The molecule has 6 nitrogen and oxygen atoms in total. The molecule has 0 aliphatic rings. The molecule has 0 radical (unpaired) electrons. The lowest BCUT2D eigenvalue weighted by molar-refractivity contribution is -0.115. The van der Waals surface area contributed by atoms with Crippen LogP contribution in [-0.4, -0.2) is 30.9 Å². The van der Waals surface area contributed by atoms with E-state index in [0.717, 1.165) is 23.6 Å². The molecule has 4 rings (SSSR count). The molecule has 31 heavy (non-hydrogen) atoms. The minimum atomic E-state index is -0.945. The zero-order valence-electron chi connectivity index (χ0n) is 16.5. The SMILES string of the molecule is Cc1nnc(S[C@@H](C)C(=O)Nc2nc(-c3ccc(F)c(F)c3)cs2)n1-c1ccccc1. The fraction of sp³-hybridized carbons (Fsp3) is 0.143. The van der Waals surface area contributed by atoms with Gasteiger partial charge >= 0.3 is 0 Å². The number of hydrogen-bond donors (Lipinski definition) is 1. The highest BCUT2D eigenvalue weighted by Gasteiger charge is 2.21. The van der Waals surface area contributed by atoms with Crippen molar-refractivity contribution in [3.63, 3.8) is 0 Å². The van der Waals surface area contributed by atoms with Gasteiger partial charge in [0, 0.05) is 16.6 Å². The molecule has 0 aliphatic heterocycles. The van der Waals surface area contributed by atoms with Gasteiger partial charge in [0.25, 0.3) is 0 Å². The van der Waals surface area contributed by atoms with Gasteiger partial charge in [0.05, 0.1) is 10.9 Å². The van der Waals surface area contributed by atoms with E-state index in [2.05, 4.69) is 20.5 Å². The maximum Gasteiger partial charge on any atom is 0.239 e. The average molecular weight is 458 g/mol. The van der Waals surface area contributed by atoms with E-state index in [-0.39, 0.29) is 5.91 Å². The molecule has 0 unspecified atom stereocenters. The number of amides is 1. The molecule has 0 aliphatic carbocycles. The second-order valence-electron chi connectivity index (χ2n) is 6.62. The molecule has 0 saturated heterocycles. The van der Waals surface area contributed by atoms with Crippen LogP contribution in [0.4, 0.5) is 13.9 Å². The number of aryl methyl sites for hydroxylation is 1. The van der Waals surface area contributed by atoms with Gasteiger partial charge in [-0.05, 0) is 44.2 Å². The van der Waals surface area contributed by atoms with Crippen LogP contribution >= 0.6 is 23.1 Å². The van der Waals surface area contributed by atoms with Crippen molar-refractivity contribution >= 4 is 34.1 Å². The first-order chi connectivity index (χ1) is 14.9. The number of carbonyl (C=O) groups is 1. The predicted molar refractivity (Wildman–Crippen MR) is 118 cm³/mol. The molecular formula is C21H17F2N5OS2. The van der Waals surface area contributed by atoms with Crippen molar-refractivity contribution in [2.45, 2.75) is 24.3 Å². The maximum absolute atomic E-state index is 13.5. The number of benzene rings is 2. The van der Waals surface area contributed by atoms with Crippen LogP contribution in [0.15, 0.2) is 59.1 Å². The summed E-state index contributed by atoms with van der Waals surface area (Å²) in [7, 11) is 0. The van der Waals surface area contributed by atoms with Gasteiger partial charge in [0.2, 0.25) is 5.91 Å². The normalized spacial score (nSPS) is 12.0. The third kappa shape index (κ3) is 4.64. The summed E-state index contributed by atoms with van der Waals surface area (Å²) in [5, 5.41) is 13.3. The standard InChI is InChI=1S/C21H17F2N5OS2/c1-12(31-21-27-26-13(2)28(21)15-6-4-3-5-7-15)19(29)25-20-24-18(11-30-20)14-8-9-16(22)17(23)10-14/h3-12H,1-2H3,(H,24,25,29)/t12-/m0/s1. The molecule has 158 valence electrons. The van der Waals surface area contributed by atoms with Crippen molar-refractivity contribution in [3.8, 4) is 16.9 Å². The number of rotatable bonds is 6. The average Bonchev–Trinajstić information content (AvgIpc) is 3.37. The van der Waals surface area contributed by atoms with Crippen LogP contribution in [0, 0.1) is 18.6 Å². The highest BCUT2D eigenvalue weighted by atomic mass is 32.2. The Bertz CT molecular complexity index is 1230. The van der Waals surface area contributed by atoms with E-state index in [9.17, 15) is 13.6 Å². The zero-order valence-corrected chi connectivity index (χ0v) is 18.2. The van der Waals surface area contributed by atoms with Crippen LogP contribution in [0.5, 0.6) is 0 Å². The largest absolute Gasteiger partial charge is 0.301 e. The van der Waals surface area contributed by atoms with E-state index in [1.807, 2.05) is 41.8 Å². The minimum Gasteiger partial charge on any atom is -0.301 e. The van der Waals surface area contributed by atoms with E-state index < -0.39 is 16.9 Å². The van der Waals surface area contributed by atoms with E-state index >= 15 is 0 Å². The molecule has 2 aromatic heterocycles. The number of nitrogens with one attached hydrogen (secondary N) is 1. The monoisotopic (exact) mass is 457 g/mol. The lowest BCUT2D eigenvalue weighted by Crippen LogP contribution is -2.22. The van der Waals surface area contributed by atoms with E-state index in [0.29, 0.717) is 21.5 Å². The second kappa shape index (κ2) is 8.94. The van der Waals surface area contributed by atoms with Crippen molar-refractivity contribution < 1.29 is 13.6 Å². The van der Waals surface area contributed by atoms with Gasteiger partial charge in [-0.1, -0.05) is 30.0 Å². The lowest BCUT2D eigenvalue weighted by atomic mass is 10.2. The predicted octanol–water partition coefficient (Wildman–Crippen LogP) is 5.10. The summed E-state index contributed by atoms with van der Waals surface area (Å²) in [5.41, 5.74) is 1.81. The Morgan fingerprint density at radius 1 is 1.13 bits per heavy atom. The Balaban J connectivity index is 1.46. The summed E-state index contributed by atoms with van der Waals surface area (Å²) in [5.74, 6) is -1.40. The molecule has 4 aromatic rings. The fourth-order valence-electron chi connectivity index (χ4n) is 2.83. The third-order valence-electron chi connectivity index (χ3n) is 4.41. The van der Waals surface area contributed by atoms with E-state index in [1.165, 1.54) is 29.2 Å². The number of thiazole rings is 1. The van der Waals surface area contributed by atoms with Crippen LogP contribution < -0.4 is 5.32 Å². The number of anilines is 1. The highest BCUT2D eigenvalue weighted by molar-refractivity contribution is 8.00. The first-order valence-corrected chi connectivity index (χ1v) is 11.0. The summed E-state index contributed by atoms with van der Waals surface area (Å²) in [6.45, 7) is 3.62. The van der Waals surface area contributed by atoms with Crippen LogP contribution in [-0.2, 0) is 4.79 Å². The van der Waals surface area contributed by atoms with Gasteiger partial charge in [-0.3, -0.25) is 9.36 Å². The van der Waals surface area contributed by atoms with Gasteiger partial charge in [-0.2, -0.15) is 0 Å². The number of thioether (sulfide) groups is 1. The third-order valence-corrected chi connectivity index (χ3v) is 6.21. The van der Waals surface area contributed by atoms with Crippen LogP contribution in [0.1, 0.15) is 12.7 Å². The molecule has 0 bridgehead atoms. The van der Waals surface area contributed by atoms with Gasteiger partial charge in [-0.25, -0.2) is 13.8 Å². The molecule has 0 saturated carbocycles. The summed E-state index contributed by atoms with van der Waals surface area (Å²) in [4.78, 5) is 17.0. The van der Waals surface area contributed by atoms with Gasteiger partial charge in [-0.15, -0.1) is 21.5 Å². The van der Waals surface area contributed by atoms with Crippen molar-refractivity contribution in [2.75, 3.05) is 5.32 Å². The molecule has 1 N–H and O–H groups in total. The highest BCUT2D eigenvalue weighted by Crippen LogP contribution is 2.29. The molecule has 2 heterocycles. The summed E-state index contributed by atoms with van der Waals surface area (Å²) in [6.07, 6.45) is 0. The summed E-state index contributed by atoms with van der Waals surface area (Å²) >= 11 is 2.49. The summed E-state index contributed by atoms with van der Waals surface area (Å²) < 4.78 is 28.5. The van der Waals surface area contributed by atoms with Crippen molar-refractivity contribution in [3.05, 3.63) is 71.4 Å². The Morgan fingerprint density at radius 2 is 1.90 bits per heavy atom.